The van der Waals surface area contributed by atoms with Gasteiger partial charge in [-0.05, 0) is 25.7 Å². The van der Waals surface area contributed by atoms with Gasteiger partial charge in [-0.3, -0.25) is 9.69 Å². The first kappa shape index (κ1) is 13.8. The van der Waals surface area contributed by atoms with E-state index in [1.165, 1.54) is 7.11 Å². The average Bonchev–Trinajstić information content (AvgIpc) is 2.80. The molecule has 18 heavy (non-hydrogen) atoms. The number of carbonyl (C=O) groups is 1. The third kappa shape index (κ3) is 2.84. The predicted octanol–water partition coefficient (Wildman–Crippen LogP) is 0.552. The molecule has 0 aromatic carbocycles. The highest BCUT2D eigenvalue weighted by atomic mass is 16.5. The van der Waals surface area contributed by atoms with Crippen molar-refractivity contribution in [2.45, 2.75) is 56.4 Å². The largest absolute Gasteiger partial charge is 0.468 e. The van der Waals surface area contributed by atoms with Crippen LogP contribution in [0.15, 0.2) is 0 Å². The van der Waals surface area contributed by atoms with Crippen molar-refractivity contribution < 1.29 is 19.4 Å². The molecule has 104 valence electrons. The second kappa shape index (κ2) is 5.99. The number of aliphatic hydroxyl groups excluding tert-OH is 1. The highest BCUT2D eigenvalue weighted by Gasteiger charge is 2.41. The van der Waals surface area contributed by atoms with Crippen molar-refractivity contribution in [3.8, 4) is 0 Å². The van der Waals surface area contributed by atoms with Crippen LogP contribution in [-0.4, -0.2) is 61.0 Å². The van der Waals surface area contributed by atoms with Crippen molar-refractivity contribution >= 4 is 5.97 Å². The van der Waals surface area contributed by atoms with Gasteiger partial charge in [-0.15, -0.1) is 0 Å². The lowest BCUT2D eigenvalue weighted by Crippen LogP contribution is -2.46. The summed E-state index contributed by atoms with van der Waals surface area (Å²) in [5.74, 6) is -0.230. The number of methoxy groups -OCH3 is 2. The molecule has 1 saturated carbocycles. The summed E-state index contributed by atoms with van der Waals surface area (Å²) >= 11 is 0. The first-order valence-electron chi connectivity index (χ1n) is 6.70. The molecular formula is C13H23NO4. The van der Waals surface area contributed by atoms with Crippen LogP contribution >= 0.6 is 0 Å². The lowest BCUT2D eigenvalue weighted by atomic mass is 9.91. The molecule has 1 saturated heterocycles. The Morgan fingerprint density at radius 1 is 1.28 bits per heavy atom. The van der Waals surface area contributed by atoms with Crippen LogP contribution in [0.5, 0.6) is 0 Å². The summed E-state index contributed by atoms with van der Waals surface area (Å²) in [6, 6.07) is 0.0376. The Labute approximate surface area is 108 Å². The van der Waals surface area contributed by atoms with Gasteiger partial charge in [-0.2, -0.15) is 0 Å². The SMILES string of the molecule is COC(=O)C1CC(O)CN1C1CCCC(OC)C1. The second-order valence-electron chi connectivity index (χ2n) is 5.30. The first-order chi connectivity index (χ1) is 8.65. The van der Waals surface area contributed by atoms with E-state index in [-0.39, 0.29) is 18.1 Å². The molecule has 1 aliphatic heterocycles. The fourth-order valence-electron chi connectivity index (χ4n) is 3.25. The molecular weight excluding hydrogens is 234 g/mol. The Hall–Kier alpha value is -0.650. The van der Waals surface area contributed by atoms with Gasteiger partial charge in [0.15, 0.2) is 0 Å². The summed E-state index contributed by atoms with van der Waals surface area (Å²) in [6.07, 6.45) is 4.56. The Bertz CT molecular complexity index is 297. The van der Waals surface area contributed by atoms with E-state index < -0.39 is 6.10 Å². The number of carbonyl (C=O) groups excluding carboxylic acids is 1. The number of rotatable bonds is 3. The molecule has 2 aliphatic rings. The van der Waals surface area contributed by atoms with Crippen molar-refractivity contribution in [1.29, 1.82) is 0 Å². The highest BCUT2D eigenvalue weighted by molar-refractivity contribution is 5.76. The van der Waals surface area contributed by atoms with E-state index in [4.69, 9.17) is 9.47 Å². The van der Waals surface area contributed by atoms with Gasteiger partial charge in [-0.25, -0.2) is 0 Å². The summed E-state index contributed by atoms with van der Waals surface area (Å²) in [6.45, 7) is 0.570. The van der Waals surface area contributed by atoms with E-state index in [1.807, 2.05) is 0 Å². The van der Waals surface area contributed by atoms with Gasteiger partial charge in [-0.1, -0.05) is 0 Å². The molecule has 5 heteroatoms. The molecule has 1 aliphatic carbocycles. The van der Waals surface area contributed by atoms with Crippen molar-refractivity contribution in [1.82, 2.24) is 4.90 Å². The maximum Gasteiger partial charge on any atom is 0.323 e. The van der Waals surface area contributed by atoms with E-state index in [0.29, 0.717) is 19.0 Å². The van der Waals surface area contributed by atoms with Gasteiger partial charge >= 0.3 is 5.97 Å². The number of esters is 1. The van der Waals surface area contributed by atoms with Crippen LogP contribution in [0.1, 0.15) is 32.1 Å². The Morgan fingerprint density at radius 2 is 2.06 bits per heavy atom. The number of hydrogen-bond acceptors (Lipinski definition) is 5. The van der Waals surface area contributed by atoms with Gasteiger partial charge in [0.05, 0.1) is 19.3 Å². The zero-order valence-electron chi connectivity index (χ0n) is 11.2. The minimum Gasteiger partial charge on any atom is -0.468 e. The first-order valence-corrected chi connectivity index (χ1v) is 6.70. The smallest absolute Gasteiger partial charge is 0.323 e. The number of β-amino-alcohol motifs (C(OH)–C–C–N with tert-alkyl or cyclic N) is 1. The summed E-state index contributed by atoms with van der Waals surface area (Å²) in [5, 5.41) is 9.79. The molecule has 4 unspecified atom stereocenters. The van der Waals surface area contributed by atoms with Crippen LogP contribution in [-0.2, 0) is 14.3 Å². The average molecular weight is 257 g/mol. The Morgan fingerprint density at radius 3 is 2.72 bits per heavy atom. The molecule has 2 rings (SSSR count). The number of nitrogens with zero attached hydrogens (tertiary/aromatic N) is 1. The summed E-state index contributed by atoms with van der Waals surface area (Å²) in [5.41, 5.74) is 0. The van der Waals surface area contributed by atoms with Crippen LogP contribution in [0.3, 0.4) is 0 Å². The van der Waals surface area contributed by atoms with Gasteiger partial charge in [0.2, 0.25) is 0 Å². The molecule has 1 N–H and O–H groups in total. The topological polar surface area (TPSA) is 59.0 Å². The van der Waals surface area contributed by atoms with Crippen LogP contribution < -0.4 is 0 Å². The quantitative estimate of drug-likeness (QED) is 0.748. The maximum absolute atomic E-state index is 11.8. The molecule has 0 amide bonds. The van der Waals surface area contributed by atoms with Crippen LogP contribution in [0.2, 0.25) is 0 Å². The summed E-state index contributed by atoms with van der Waals surface area (Å²) in [4.78, 5) is 13.9. The second-order valence-corrected chi connectivity index (χ2v) is 5.30. The number of likely N-dealkylation sites (tertiary alicyclic amines) is 1. The molecule has 2 fully saturated rings. The lowest BCUT2D eigenvalue weighted by Gasteiger charge is -2.37. The molecule has 0 aromatic heterocycles. The fraction of sp³-hybridized carbons (Fsp3) is 0.923. The van der Waals surface area contributed by atoms with Crippen molar-refractivity contribution in [2.24, 2.45) is 0 Å². The standard InChI is InChI=1S/C13H23NO4/c1-17-11-5-3-4-9(6-11)14-8-10(15)7-12(14)13(16)18-2/h9-12,15H,3-8H2,1-2H3. The number of hydrogen-bond donors (Lipinski definition) is 1. The molecule has 0 aromatic rings. The van der Waals surface area contributed by atoms with Gasteiger partial charge < -0.3 is 14.6 Å². The summed E-state index contributed by atoms with van der Waals surface area (Å²) in [7, 11) is 3.15. The van der Waals surface area contributed by atoms with E-state index in [9.17, 15) is 9.90 Å². The van der Waals surface area contributed by atoms with Crippen molar-refractivity contribution in [3.63, 3.8) is 0 Å². The fourth-order valence-corrected chi connectivity index (χ4v) is 3.25. The zero-order chi connectivity index (χ0) is 13.1. The Balaban J connectivity index is 2.03. The van der Waals surface area contributed by atoms with Crippen LogP contribution in [0.25, 0.3) is 0 Å². The number of aliphatic hydroxyl groups is 1. The molecule has 0 radical (unpaired) electrons. The van der Waals surface area contributed by atoms with Crippen LogP contribution in [0.4, 0.5) is 0 Å². The molecule has 0 spiro atoms. The highest BCUT2D eigenvalue weighted by Crippen LogP contribution is 2.30. The molecule has 1 heterocycles. The van der Waals surface area contributed by atoms with Crippen molar-refractivity contribution in [2.75, 3.05) is 20.8 Å². The Kier molecular flexibility index (Phi) is 4.59. The number of ether oxygens (including phenoxy) is 2. The van der Waals surface area contributed by atoms with Gasteiger partial charge in [0.25, 0.3) is 0 Å². The van der Waals surface area contributed by atoms with Crippen molar-refractivity contribution in [3.05, 3.63) is 0 Å². The molecule has 5 nitrogen and oxygen atoms in total. The lowest BCUT2D eigenvalue weighted by molar-refractivity contribution is -0.147. The minimum atomic E-state index is -0.419. The minimum absolute atomic E-state index is 0.230. The third-order valence-electron chi connectivity index (χ3n) is 4.19. The maximum atomic E-state index is 11.8. The van der Waals surface area contributed by atoms with E-state index >= 15 is 0 Å². The monoisotopic (exact) mass is 257 g/mol. The molecule has 4 atom stereocenters. The van der Waals surface area contributed by atoms with E-state index in [2.05, 4.69) is 4.90 Å². The predicted molar refractivity (Wildman–Crippen MR) is 66.2 cm³/mol. The van der Waals surface area contributed by atoms with E-state index in [0.717, 1.165) is 25.7 Å². The van der Waals surface area contributed by atoms with E-state index in [1.54, 1.807) is 7.11 Å². The molecule has 0 bridgehead atoms. The normalized spacial score (nSPS) is 37.7. The van der Waals surface area contributed by atoms with Gasteiger partial charge in [0, 0.05) is 26.1 Å². The summed E-state index contributed by atoms with van der Waals surface area (Å²) < 4.78 is 10.3. The van der Waals surface area contributed by atoms with Gasteiger partial charge in [0.1, 0.15) is 6.04 Å². The third-order valence-corrected chi connectivity index (χ3v) is 4.19. The van der Waals surface area contributed by atoms with Crippen LogP contribution in [0, 0.1) is 0 Å². The zero-order valence-corrected chi connectivity index (χ0v) is 11.2.